The zero-order valence-electron chi connectivity index (χ0n) is 10.1. The minimum absolute atomic E-state index is 0.144. The summed E-state index contributed by atoms with van der Waals surface area (Å²) in [6, 6.07) is 1.50. The fourth-order valence-electron chi connectivity index (χ4n) is 1.79. The van der Waals surface area contributed by atoms with Gasteiger partial charge in [0.05, 0.1) is 12.7 Å². The summed E-state index contributed by atoms with van der Waals surface area (Å²) in [6.45, 7) is 1.60. The molecular weight excluding hydrogens is 238 g/mol. The van der Waals surface area contributed by atoms with Crippen LogP contribution in [0.25, 0.3) is 0 Å². The highest BCUT2D eigenvalue weighted by atomic mass is 16.5. The first-order valence-electron chi connectivity index (χ1n) is 5.95. The van der Waals surface area contributed by atoms with Gasteiger partial charge in [-0.2, -0.15) is 0 Å². The predicted molar refractivity (Wildman–Crippen MR) is 61.4 cm³/mol. The molecule has 7 nitrogen and oxygen atoms in total. The molecule has 1 fully saturated rings. The number of hydrazine groups is 1. The van der Waals surface area contributed by atoms with Crippen LogP contribution in [0.2, 0.25) is 0 Å². The van der Waals surface area contributed by atoms with Gasteiger partial charge in [0.15, 0.2) is 11.5 Å². The number of ether oxygens (including phenoxy) is 2. The van der Waals surface area contributed by atoms with E-state index in [4.69, 9.17) is 19.8 Å². The quantitative estimate of drug-likeness (QED) is 0.448. The number of carbonyl (C=O) groups is 1. The Kier molecular flexibility index (Phi) is 4.68. The topological polar surface area (TPSA) is 99.6 Å². The van der Waals surface area contributed by atoms with Gasteiger partial charge in [0.25, 0.3) is 5.91 Å². The molecule has 1 aromatic heterocycles. The normalized spacial score (nSPS) is 19.7. The molecule has 1 amide bonds. The first-order valence-corrected chi connectivity index (χ1v) is 5.95. The standard InChI is InChI=1S/C11H17N3O4/c12-13-11(15)10-5-9(18-14-10)7-16-6-8-3-1-2-4-17-8/h5,8H,1-4,6-7,12H2,(H,13,15). The first-order chi connectivity index (χ1) is 8.79. The molecule has 100 valence electrons. The molecule has 7 heteroatoms. The summed E-state index contributed by atoms with van der Waals surface area (Å²) in [5.41, 5.74) is 2.12. The van der Waals surface area contributed by atoms with Gasteiger partial charge in [-0.25, -0.2) is 5.84 Å². The maximum Gasteiger partial charge on any atom is 0.287 e. The molecular formula is C11H17N3O4. The smallest absolute Gasteiger partial charge is 0.287 e. The lowest BCUT2D eigenvalue weighted by Gasteiger charge is -2.21. The number of nitrogens with zero attached hydrogens (tertiary/aromatic N) is 1. The zero-order valence-corrected chi connectivity index (χ0v) is 10.1. The third-order valence-electron chi connectivity index (χ3n) is 2.74. The Morgan fingerprint density at radius 3 is 3.22 bits per heavy atom. The van der Waals surface area contributed by atoms with E-state index in [0.29, 0.717) is 12.4 Å². The number of amides is 1. The number of carbonyl (C=O) groups excluding carboxylic acids is 1. The monoisotopic (exact) mass is 255 g/mol. The predicted octanol–water partition coefficient (Wildman–Crippen LogP) is 0.364. The summed E-state index contributed by atoms with van der Waals surface area (Å²) in [5, 5.41) is 3.57. The third-order valence-corrected chi connectivity index (χ3v) is 2.74. The first kappa shape index (κ1) is 13.0. The van der Waals surface area contributed by atoms with Gasteiger partial charge in [0.2, 0.25) is 0 Å². The fraction of sp³-hybridized carbons (Fsp3) is 0.636. The van der Waals surface area contributed by atoms with Crippen molar-refractivity contribution in [2.45, 2.75) is 32.0 Å². The molecule has 1 atom stereocenters. The number of hydrogen-bond acceptors (Lipinski definition) is 6. The zero-order chi connectivity index (χ0) is 12.8. The van der Waals surface area contributed by atoms with Gasteiger partial charge >= 0.3 is 0 Å². The highest BCUT2D eigenvalue weighted by Gasteiger charge is 2.15. The maximum atomic E-state index is 11.1. The average molecular weight is 255 g/mol. The highest BCUT2D eigenvalue weighted by Crippen LogP contribution is 2.13. The molecule has 3 N–H and O–H groups in total. The van der Waals surface area contributed by atoms with E-state index in [-0.39, 0.29) is 18.4 Å². The van der Waals surface area contributed by atoms with Crippen LogP contribution in [0, 0.1) is 0 Å². The van der Waals surface area contributed by atoms with Crippen LogP contribution < -0.4 is 11.3 Å². The van der Waals surface area contributed by atoms with Gasteiger partial charge < -0.3 is 14.0 Å². The molecule has 0 aliphatic carbocycles. The molecule has 18 heavy (non-hydrogen) atoms. The molecule has 0 bridgehead atoms. The number of nitrogens with two attached hydrogens (primary N) is 1. The van der Waals surface area contributed by atoms with E-state index in [0.717, 1.165) is 19.4 Å². The lowest BCUT2D eigenvalue weighted by molar-refractivity contribution is -0.0477. The maximum absolute atomic E-state index is 11.1. The molecule has 0 spiro atoms. The van der Waals surface area contributed by atoms with Crippen molar-refractivity contribution in [1.82, 2.24) is 10.6 Å². The fourth-order valence-corrected chi connectivity index (χ4v) is 1.79. The largest absolute Gasteiger partial charge is 0.376 e. The third kappa shape index (κ3) is 3.52. The van der Waals surface area contributed by atoms with Crippen molar-refractivity contribution in [3.05, 3.63) is 17.5 Å². The molecule has 1 aliphatic rings. The lowest BCUT2D eigenvalue weighted by atomic mass is 10.1. The summed E-state index contributed by atoms with van der Waals surface area (Å²) in [7, 11) is 0. The second-order valence-corrected chi connectivity index (χ2v) is 4.16. The molecule has 1 saturated heterocycles. The van der Waals surface area contributed by atoms with Gasteiger partial charge in [-0.1, -0.05) is 5.16 Å². The summed E-state index contributed by atoms with van der Waals surface area (Å²) < 4.78 is 15.9. The second kappa shape index (κ2) is 6.48. The van der Waals surface area contributed by atoms with Crippen LogP contribution in [0.5, 0.6) is 0 Å². The van der Waals surface area contributed by atoms with Gasteiger partial charge in [0.1, 0.15) is 6.61 Å². The summed E-state index contributed by atoms with van der Waals surface area (Å²) in [6.07, 6.45) is 3.48. The molecule has 0 radical (unpaired) electrons. The van der Waals surface area contributed by atoms with Gasteiger partial charge in [-0.15, -0.1) is 0 Å². The number of rotatable bonds is 5. The molecule has 2 rings (SSSR count). The molecule has 2 heterocycles. The van der Waals surface area contributed by atoms with Crippen molar-refractivity contribution in [3.8, 4) is 0 Å². The lowest BCUT2D eigenvalue weighted by Crippen LogP contribution is -2.30. The number of aromatic nitrogens is 1. The van der Waals surface area contributed by atoms with E-state index in [1.165, 1.54) is 12.5 Å². The Hall–Kier alpha value is -1.44. The summed E-state index contributed by atoms with van der Waals surface area (Å²) >= 11 is 0. The van der Waals surface area contributed by atoms with Crippen molar-refractivity contribution in [2.24, 2.45) is 5.84 Å². The van der Waals surface area contributed by atoms with Crippen molar-refractivity contribution in [2.75, 3.05) is 13.2 Å². The van der Waals surface area contributed by atoms with Gasteiger partial charge in [0, 0.05) is 12.7 Å². The van der Waals surface area contributed by atoms with Crippen LogP contribution in [0.15, 0.2) is 10.6 Å². The Morgan fingerprint density at radius 1 is 1.61 bits per heavy atom. The van der Waals surface area contributed by atoms with Crippen LogP contribution in [0.3, 0.4) is 0 Å². The van der Waals surface area contributed by atoms with Crippen molar-refractivity contribution < 1.29 is 18.8 Å². The molecule has 1 aliphatic heterocycles. The van der Waals surface area contributed by atoms with E-state index in [9.17, 15) is 4.79 Å². The van der Waals surface area contributed by atoms with Gasteiger partial charge in [-0.05, 0) is 19.3 Å². The van der Waals surface area contributed by atoms with Crippen LogP contribution >= 0.6 is 0 Å². The van der Waals surface area contributed by atoms with Crippen LogP contribution in [0.4, 0.5) is 0 Å². The number of nitrogen functional groups attached to an aromatic ring is 1. The Labute approximate surface area is 105 Å². The number of hydrogen-bond donors (Lipinski definition) is 2. The minimum Gasteiger partial charge on any atom is -0.376 e. The number of nitrogens with one attached hydrogen (secondary N) is 1. The van der Waals surface area contributed by atoms with E-state index in [1.54, 1.807) is 0 Å². The molecule has 1 aromatic rings. The second-order valence-electron chi connectivity index (χ2n) is 4.16. The molecule has 0 aromatic carbocycles. The van der Waals surface area contributed by atoms with Crippen molar-refractivity contribution >= 4 is 5.91 Å². The van der Waals surface area contributed by atoms with E-state index >= 15 is 0 Å². The highest BCUT2D eigenvalue weighted by molar-refractivity contribution is 5.91. The van der Waals surface area contributed by atoms with Gasteiger partial charge in [-0.3, -0.25) is 10.2 Å². The van der Waals surface area contributed by atoms with Crippen LogP contribution in [-0.4, -0.2) is 30.4 Å². The average Bonchev–Trinajstić information content (AvgIpc) is 2.88. The molecule has 0 saturated carbocycles. The van der Waals surface area contributed by atoms with Crippen molar-refractivity contribution in [1.29, 1.82) is 0 Å². The van der Waals surface area contributed by atoms with E-state index < -0.39 is 5.91 Å². The Balaban J connectivity index is 1.72. The van der Waals surface area contributed by atoms with Crippen LogP contribution in [0.1, 0.15) is 35.5 Å². The van der Waals surface area contributed by atoms with E-state index in [2.05, 4.69) is 5.16 Å². The molecule has 1 unspecified atom stereocenters. The van der Waals surface area contributed by atoms with Crippen molar-refractivity contribution in [3.63, 3.8) is 0 Å². The Bertz CT molecular complexity index is 387. The minimum atomic E-state index is -0.486. The summed E-state index contributed by atoms with van der Waals surface area (Å²) in [5.74, 6) is 4.99. The SMILES string of the molecule is NNC(=O)c1cc(COCC2CCCCO2)on1. The Morgan fingerprint density at radius 2 is 2.50 bits per heavy atom. The summed E-state index contributed by atoms with van der Waals surface area (Å²) in [4.78, 5) is 11.1. The van der Waals surface area contributed by atoms with E-state index in [1.807, 2.05) is 5.43 Å². The van der Waals surface area contributed by atoms with Crippen LogP contribution in [-0.2, 0) is 16.1 Å².